The second-order valence-corrected chi connectivity index (χ2v) is 6.07. The van der Waals surface area contributed by atoms with Gasteiger partial charge >= 0.3 is 5.97 Å². The van der Waals surface area contributed by atoms with E-state index in [9.17, 15) is 4.79 Å². The predicted molar refractivity (Wildman–Crippen MR) is 75.0 cm³/mol. The molecule has 2 heterocycles. The lowest BCUT2D eigenvalue weighted by Crippen LogP contribution is -2.07. The fourth-order valence-corrected chi connectivity index (χ4v) is 2.84. The zero-order valence-corrected chi connectivity index (χ0v) is 11.6. The highest BCUT2D eigenvalue weighted by atomic mass is 79.9. The molecule has 0 aliphatic heterocycles. The van der Waals surface area contributed by atoms with Crippen molar-refractivity contribution in [1.29, 1.82) is 0 Å². The van der Waals surface area contributed by atoms with Crippen LogP contribution in [0.1, 0.15) is 15.2 Å². The third-order valence-corrected chi connectivity index (χ3v) is 3.86. The van der Waals surface area contributed by atoms with Crippen LogP contribution in [0.15, 0.2) is 28.2 Å². The molecule has 0 amide bonds. The Labute approximate surface area is 116 Å². The van der Waals surface area contributed by atoms with E-state index in [0.29, 0.717) is 12.2 Å². The molecule has 94 valence electrons. The molecule has 0 aliphatic rings. The van der Waals surface area contributed by atoms with Gasteiger partial charge in [-0.2, -0.15) is 0 Å². The van der Waals surface area contributed by atoms with E-state index in [-0.39, 0.29) is 11.4 Å². The molecule has 4 N–H and O–H groups in total. The van der Waals surface area contributed by atoms with Crippen LogP contribution in [0.4, 0.5) is 11.5 Å². The highest BCUT2D eigenvalue weighted by Crippen LogP contribution is 2.24. The van der Waals surface area contributed by atoms with Crippen molar-refractivity contribution in [2.24, 2.45) is 0 Å². The number of aromatic nitrogens is 1. The number of anilines is 2. The molecule has 0 radical (unpaired) electrons. The van der Waals surface area contributed by atoms with Crippen LogP contribution >= 0.6 is 27.3 Å². The SMILES string of the molecule is Nc1cc(C(=O)O)c(NCc2ccc(Br)s2)cn1. The van der Waals surface area contributed by atoms with Gasteiger partial charge in [-0.15, -0.1) is 11.3 Å². The van der Waals surface area contributed by atoms with Crippen LogP contribution in [0.2, 0.25) is 0 Å². The van der Waals surface area contributed by atoms with E-state index < -0.39 is 5.97 Å². The number of thiophene rings is 1. The number of nitrogen functional groups attached to an aromatic ring is 1. The first-order valence-corrected chi connectivity index (χ1v) is 6.64. The Morgan fingerprint density at radius 2 is 2.33 bits per heavy atom. The molecule has 0 spiro atoms. The number of carboxylic acids is 1. The summed E-state index contributed by atoms with van der Waals surface area (Å²) in [4.78, 5) is 16.0. The van der Waals surface area contributed by atoms with Gasteiger partial charge in [0.15, 0.2) is 0 Å². The maximum atomic E-state index is 11.1. The van der Waals surface area contributed by atoms with Gasteiger partial charge in [-0.25, -0.2) is 9.78 Å². The summed E-state index contributed by atoms with van der Waals surface area (Å²) in [6, 6.07) is 5.25. The van der Waals surface area contributed by atoms with Crippen LogP contribution in [-0.4, -0.2) is 16.1 Å². The van der Waals surface area contributed by atoms with Crippen LogP contribution in [0.25, 0.3) is 0 Å². The average Bonchev–Trinajstić information content (AvgIpc) is 2.73. The standard InChI is InChI=1S/C11H10BrN3O2S/c12-9-2-1-6(18-9)4-14-8-5-15-10(13)3-7(8)11(16)17/h1-3,5,14H,4H2,(H2,13,15)(H,16,17). The molecule has 0 atom stereocenters. The predicted octanol–water partition coefficient (Wildman–Crippen LogP) is 2.80. The van der Waals surface area contributed by atoms with Gasteiger partial charge in [0.05, 0.1) is 21.2 Å². The Balaban J connectivity index is 2.16. The highest BCUT2D eigenvalue weighted by Gasteiger charge is 2.11. The van der Waals surface area contributed by atoms with E-state index in [0.717, 1.165) is 8.66 Å². The van der Waals surface area contributed by atoms with Crippen LogP contribution in [0, 0.1) is 0 Å². The van der Waals surface area contributed by atoms with E-state index in [1.807, 2.05) is 12.1 Å². The molecule has 0 bridgehead atoms. The Hall–Kier alpha value is -1.60. The van der Waals surface area contributed by atoms with E-state index in [2.05, 4.69) is 26.2 Å². The number of carboxylic acid groups (broad SMARTS) is 1. The summed E-state index contributed by atoms with van der Waals surface area (Å²) in [5.41, 5.74) is 6.05. The van der Waals surface area contributed by atoms with Crippen LogP contribution in [0.5, 0.6) is 0 Å². The first-order valence-electron chi connectivity index (χ1n) is 5.03. The number of hydrogen-bond donors (Lipinski definition) is 3. The maximum Gasteiger partial charge on any atom is 0.337 e. The lowest BCUT2D eigenvalue weighted by Gasteiger charge is -2.08. The van der Waals surface area contributed by atoms with Gasteiger partial charge < -0.3 is 16.2 Å². The van der Waals surface area contributed by atoms with Crippen molar-refractivity contribution in [1.82, 2.24) is 4.98 Å². The highest BCUT2D eigenvalue weighted by molar-refractivity contribution is 9.11. The van der Waals surface area contributed by atoms with E-state index in [4.69, 9.17) is 10.8 Å². The van der Waals surface area contributed by atoms with E-state index in [1.54, 1.807) is 11.3 Å². The van der Waals surface area contributed by atoms with Gasteiger partial charge in [0, 0.05) is 11.4 Å². The van der Waals surface area contributed by atoms with Crippen molar-refractivity contribution in [3.05, 3.63) is 38.6 Å². The van der Waals surface area contributed by atoms with Gasteiger partial charge in [-0.05, 0) is 34.1 Å². The summed E-state index contributed by atoms with van der Waals surface area (Å²) in [5.74, 6) is -0.837. The van der Waals surface area contributed by atoms with Gasteiger partial charge in [0.2, 0.25) is 0 Å². The summed E-state index contributed by atoms with van der Waals surface area (Å²) in [7, 11) is 0. The normalized spacial score (nSPS) is 10.3. The Morgan fingerprint density at radius 1 is 1.56 bits per heavy atom. The van der Waals surface area contributed by atoms with Crippen LogP contribution < -0.4 is 11.1 Å². The number of halogens is 1. The summed E-state index contributed by atoms with van der Waals surface area (Å²) in [6.07, 6.45) is 1.43. The van der Waals surface area contributed by atoms with E-state index in [1.165, 1.54) is 12.3 Å². The summed E-state index contributed by atoms with van der Waals surface area (Å²) < 4.78 is 1.04. The largest absolute Gasteiger partial charge is 0.478 e. The van der Waals surface area contributed by atoms with E-state index >= 15 is 0 Å². The molecule has 0 aromatic carbocycles. The average molecular weight is 328 g/mol. The lowest BCUT2D eigenvalue weighted by atomic mass is 10.2. The summed E-state index contributed by atoms with van der Waals surface area (Å²) >= 11 is 4.96. The first kappa shape index (κ1) is 12.8. The fraction of sp³-hybridized carbons (Fsp3) is 0.0909. The van der Waals surface area contributed by atoms with Crippen LogP contribution in [0.3, 0.4) is 0 Å². The quantitative estimate of drug-likeness (QED) is 0.803. The number of aromatic carboxylic acids is 1. The fourth-order valence-electron chi connectivity index (χ4n) is 1.42. The maximum absolute atomic E-state index is 11.1. The Kier molecular flexibility index (Phi) is 3.83. The minimum absolute atomic E-state index is 0.123. The number of rotatable bonds is 4. The molecule has 2 rings (SSSR count). The van der Waals surface area contributed by atoms with Crippen molar-refractivity contribution >= 4 is 44.7 Å². The molecule has 2 aromatic rings. The van der Waals surface area contributed by atoms with Gasteiger partial charge in [0.1, 0.15) is 5.82 Å². The molecule has 18 heavy (non-hydrogen) atoms. The molecule has 0 saturated carbocycles. The molecule has 2 aromatic heterocycles. The summed E-state index contributed by atoms with van der Waals surface area (Å²) in [6.45, 7) is 0.544. The second kappa shape index (κ2) is 5.36. The number of carbonyl (C=O) groups is 1. The minimum atomic E-state index is -1.03. The number of nitrogens with zero attached hydrogens (tertiary/aromatic N) is 1. The van der Waals surface area contributed by atoms with Gasteiger partial charge in [-0.1, -0.05) is 0 Å². The van der Waals surface area contributed by atoms with Crippen molar-refractivity contribution in [3.8, 4) is 0 Å². The zero-order valence-electron chi connectivity index (χ0n) is 9.18. The molecule has 0 fully saturated rings. The molecule has 0 unspecified atom stereocenters. The lowest BCUT2D eigenvalue weighted by molar-refractivity contribution is 0.0698. The van der Waals surface area contributed by atoms with Crippen molar-refractivity contribution in [3.63, 3.8) is 0 Å². The van der Waals surface area contributed by atoms with Gasteiger partial charge in [0.25, 0.3) is 0 Å². The van der Waals surface area contributed by atoms with Crippen molar-refractivity contribution in [2.45, 2.75) is 6.54 Å². The third kappa shape index (κ3) is 2.99. The smallest absolute Gasteiger partial charge is 0.337 e. The topological polar surface area (TPSA) is 88.2 Å². The monoisotopic (exact) mass is 327 g/mol. The second-order valence-electron chi connectivity index (χ2n) is 3.52. The zero-order chi connectivity index (χ0) is 13.1. The minimum Gasteiger partial charge on any atom is -0.478 e. The Bertz CT molecular complexity index is 585. The van der Waals surface area contributed by atoms with Crippen molar-refractivity contribution in [2.75, 3.05) is 11.1 Å². The number of nitrogens with one attached hydrogen (secondary N) is 1. The molecule has 5 nitrogen and oxygen atoms in total. The molecular formula is C11H10BrN3O2S. The molecule has 0 saturated heterocycles. The number of nitrogens with two attached hydrogens (primary N) is 1. The summed E-state index contributed by atoms with van der Waals surface area (Å²) in [5, 5.41) is 12.1. The first-order chi connectivity index (χ1) is 8.56. The molecular weight excluding hydrogens is 318 g/mol. The number of hydrogen-bond acceptors (Lipinski definition) is 5. The van der Waals surface area contributed by atoms with Gasteiger partial charge in [-0.3, -0.25) is 0 Å². The number of pyridine rings is 1. The van der Waals surface area contributed by atoms with Crippen LogP contribution in [-0.2, 0) is 6.54 Å². The Morgan fingerprint density at radius 3 is 2.94 bits per heavy atom. The third-order valence-electron chi connectivity index (χ3n) is 2.24. The molecule has 0 aliphatic carbocycles. The van der Waals surface area contributed by atoms with Crippen molar-refractivity contribution < 1.29 is 9.90 Å². The molecule has 7 heteroatoms.